The van der Waals surface area contributed by atoms with Gasteiger partial charge in [-0.1, -0.05) is 45.3 Å². The second-order valence-electron chi connectivity index (χ2n) is 6.70. The summed E-state index contributed by atoms with van der Waals surface area (Å²) in [5.41, 5.74) is 0. The molecule has 0 N–H and O–H groups in total. The summed E-state index contributed by atoms with van der Waals surface area (Å²) in [6.07, 6.45) is 9.89. The van der Waals surface area contributed by atoms with Crippen molar-refractivity contribution in [2.24, 2.45) is 29.6 Å². The monoisotopic (exact) mass is 275 g/mol. The normalized spacial score (nSPS) is 36.0. The second-order valence-corrected chi connectivity index (χ2v) is 6.70. The number of carbonyl (C=O) groups excluding carboxylic acids is 2. The highest BCUT2D eigenvalue weighted by atomic mass is 16.2. The Balaban J connectivity index is 1.70. The van der Waals surface area contributed by atoms with Crippen LogP contribution in [0.1, 0.15) is 46.0 Å². The lowest BCUT2D eigenvalue weighted by molar-refractivity contribution is -0.141. The number of hydrogen-bond donors (Lipinski definition) is 0. The van der Waals surface area contributed by atoms with Crippen LogP contribution in [-0.2, 0) is 9.59 Å². The summed E-state index contributed by atoms with van der Waals surface area (Å²) in [6.45, 7) is 5.00. The van der Waals surface area contributed by atoms with Crippen molar-refractivity contribution < 1.29 is 9.59 Å². The summed E-state index contributed by atoms with van der Waals surface area (Å²) >= 11 is 0. The van der Waals surface area contributed by atoms with Crippen LogP contribution < -0.4 is 0 Å². The van der Waals surface area contributed by atoms with Gasteiger partial charge in [0.2, 0.25) is 11.8 Å². The standard InChI is InChI=1S/C17H25NO2/c1-3-5-6-11(4-2)10-18-16(19)14-12-7-8-13(9-12)15(14)17(18)20/h7-8,11-15H,3-6,9-10H2,1-2H3/t11?,12-,13+,14-,15+. The van der Waals surface area contributed by atoms with Gasteiger partial charge in [0, 0.05) is 6.54 Å². The highest BCUT2D eigenvalue weighted by Crippen LogP contribution is 2.52. The Morgan fingerprint density at radius 2 is 1.75 bits per heavy atom. The molecule has 0 spiro atoms. The van der Waals surface area contributed by atoms with Crippen molar-refractivity contribution in [1.29, 1.82) is 0 Å². The van der Waals surface area contributed by atoms with Gasteiger partial charge in [-0.3, -0.25) is 14.5 Å². The van der Waals surface area contributed by atoms with Crippen molar-refractivity contribution in [3.63, 3.8) is 0 Å². The average Bonchev–Trinajstić information content (AvgIpc) is 3.12. The molecule has 2 amide bonds. The Labute approximate surface area is 121 Å². The summed E-state index contributed by atoms with van der Waals surface area (Å²) in [7, 11) is 0. The molecule has 5 atom stereocenters. The van der Waals surface area contributed by atoms with Gasteiger partial charge in [-0.15, -0.1) is 0 Å². The molecule has 1 aliphatic heterocycles. The van der Waals surface area contributed by atoms with E-state index in [1.54, 1.807) is 4.90 Å². The minimum Gasteiger partial charge on any atom is -0.282 e. The molecule has 3 nitrogen and oxygen atoms in total. The number of hydrogen-bond acceptors (Lipinski definition) is 2. The quantitative estimate of drug-likeness (QED) is 0.552. The molecule has 2 fully saturated rings. The lowest BCUT2D eigenvalue weighted by Gasteiger charge is -2.23. The van der Waals surface area contributed by atoms with Crippen LogP contribution in [0.4, 0.5) is 0 Å². The van der Waals surface area contributed by atoms with Crippen LogP contribution in [-0.4, -0.2) is 23.3 Å². The summed E-state index contributed by atoms with van der Waals surface area (Å²) in [5, 5.41) is 0. The number of rotatable bonds is 6. The van der Waals surface area contributed by atoms with Crippen molar-refractivity contribution in [2.45, 2.75) is 46.0 Å². The summed E-state index contributed by atoms with van der Waals surface area (Å²) in [4.78, 5) is 26.8. The minimum atomic E-state index is -0.0267. The van der Waals surface area contributed by atoms with Crippen LogP contribution in [0.2, 0.25) is 0 Å². The molecule has 0 aromatic heterocycles. The maximum absolute atomic E-state index is 12.6. The Kier molecular flexibility index (Phi) is 3.70. The van der Waals surface area contributed by atoms with E-state index in [0.717, 1.165) is 19.3 Å². The van der Waals surface area contributed by atoms with Crippen LogP contribution in [0.15, 0.2) is 12.2 Å². The number of likely N-dealkylation sites (tertiary alicyclic amines) is 1. The molecular formula is C17H25NO2. The number of carbonyl (C=O) groups is 2. The molecule has 2 aliphatic carbocycles. The molecule has 1 unspecified atom stereocenters. The van der Waals surface area contributed by atoms with Gasteiger partial charge < -0.3 is 0 Å². The molecule has 3 heteroatoms. The molecule has 1 saturated carbocycles. The van der Waals surface area contributed by atoms with Gasteiger partial charge >= 0.3 is 0 Å². The van der Waals surface area contributed by atoms with E-state index in [4.69, 9.17) is 0 Å². The molecular weight excluding hydrogens is 250 g/mol. The third-order valence-corrected chi connectivity index (χ3v) is 5.55. The number of nitrogens with zero attached hydrogens (tertiary/aromatic N) is 1. The third-order valence-electron chi connectivity index (χ3n) is 5.55. The predicted molar refractivity (Wildman–Crippen MR) is 77.7 cm³/mol. The Morgan fingerprint density at radius 3 is 2.25 bits per heavy atom. The first-order chi connectivity index (χ1) is 9.67. The Bertz CT molecular complexity index is 412. The molecule has 1 heterocycles. The van der Waals surface area contributed by atoms with E-state index >= 15 is 0 Å². The summed E-state index contributed by atoms with van der Waals surface area (Å²) in [5.74, 6) is 1.33. The zero-order chi connectivity index (χ0) is 14.3. The zero-order valence-corrected chi connectivity index (χ0v) is 12.5. The number of allylic oxidation sites excluding steroid dienone is 2. The van der Waals surface area contributed by atoms with Crippen molar-refractivity contribution >= 4 is 11.8 Å². The predicted octanol–water partition coefficient (Wildman–Crippen LogP) is 3.01. The topological polar surface area (TPSA) is 37.4 Å². The van der Waals surface area contributed by atoms with Gasteiger partial charge in [0.05, 0.1) is 11.8 Å². The van der Waals surface area contributed by atoms with Crippen LogP contribution in [0.3, 0.4) is 0 Å². The van der Waals surface area contributed by atoms with E-state index in [1.165, 1.54) is 12.8 Å². The lowest BCUT2D eigenvalue weighted by Crippen LogP contribution is -2.37. The molecule has 0 aromatic carbocycles. The van der Waals surface area contributed by atoms with Crippen LogP contribution >= 0.6 is 0 Å². The zero-order valence-electron chi connectivity index (χ0n) is 12.5. The van der Waals surface area contributed by atoms with E-state index in [9.17, 15) is 9.59 Å². The molecule has 1 saturated heterocycles. The average molecular weight is 275 g/mol. The van der Waals surface area contributed by atoms with Crippen molar-refractivity contribution in [2.75, 3.05) is 6.54 Å². The van der Waals surface area contributed by atoms with E-state index in [2.05, 4.69) is 26.0 Å². The molecule has 110 valence electrons. The maximum atomic E-state index is 12.6. The lowest BCUT2D eigenvalue weighted by atomic mass is 9.85. The van der Waals surface area contributed by atoms with E-state index in [0.29, 0.717) is 24.3 Å². The number of unbranched alkanes of at least 4 members (excludes halogenated alkanes) is 1. The highest BCUT2D eigenvalue weighted by Gasteiger charge is 2.59. The van der Waals surface area contributed by atoms with E-state index in [1.807, 2.05) is 0 Å². The molecule has 2 bridgehead atoms. The highest BCUT2D eigenvalue weighted by molar-refractivity contribution is 6.06. The number of fused-ring (bicyclic) bond motifs is 5. The maximum Gasteiger partial charge on any atom is 0.233 e. The smallest absolute Gasteiger partial charge is 0.233 e. The first kappa shape index (κ1) is 13.8. The van der Waals surface area contributed by atoms with Crippen LogP contribution in [0.25, 0.3) is 0 Å². The summed E-state index contributed by atoms with van der Waals surface area (Å²) < 4.78 is 0. The largest absolute Gasteiger partial charge is 0.282 e. The second kappa shape index (κ2) is 5.34. The van der Waals surface area contributed by atoms with Crippen molar-refractivity contribution in [3.05, 3.63) is 12.2 Å². The number of imide groups is 1. The van der Waals surface area contributed by atoms with Crippen molar-refractivity contribution in [3.8, 4) is 0 Å². The molecule has 0 aromatic rings. The SMILES string of the molecule is CCCCC(CC)CN1C(=O)[C@@H]2[C@H](C1=O)[C@@H]1C=C[C@H]2C1. The van der Waals surface area contributed by atoms with Crippen LogP contribution in [0, 0.1) is 29.6 Å². The van der Waals surface area contributed by atoms with Gasteiger partial charge in [0.1, 0.15) is 0 Å². The van der Waals surface area contributed by atoms with Crippen LogP contribution in [0.5, 0.6) is 0 Å². The third kappa shape index (κ3) is 2.02. The van der Waals surface area contributed by atoms with E-state index < -0.39 is 0 Å². The first-order valence-corrected chi connectivity index (χ1v) is 8.20. The van der Waals surface area contributed by atoms with E-state index in [-0.39, 0.29) is 23.7 Å². The van der Waals surface area contributed by atoms with Crippen molar-refractivity contribution in [1.82, 2.24) is 4.90 Å². The Hall–Kier alpha value is -1.12. The Morgan fingerprint density at radius 1 is 1.15 bits per heavy atom. The summed E-state index contributed by atoms with van der Waals surface area (Å²) in [6, 6.07) is 0. The molecule has 20 heavy (non-hydrogen) atoms. The number of amides is 2. The molecule has 3 rings (SSSR count). The van der Waals surface area contributed by atoms with Gasteiger partial charge in [-0.2, -0.15) is 0 Å². The fourth-order valence-electron chi connectivity index (χ4n) is 4.32. The molecule has 0 radical (unpaired) electrons. The fraction of sp³-hybridized carbons (Fsp3) is 0.765. The first-order valence-electron chi connectivity index (χ1n) is 8.20. The molecule has 3 aliphatic rings. The van der Waals surface area contributed by atoms with Gasteiger partial charge in [-0.05, 0) is 30.6 Å². The fourth-order valence-corrected chi connectivity index (χ4v) is 4.32. The van der Waals surface area contributed by atoms with Gasteiger partial charge in [-0.25, -0.2) is 0 Å². The van der Waals surface area contributed by atoms with Gasteiger partial charge in [0.15, 0.2) is 0 Å². The minimum absolute atomic E-state index is 0.0267. The van der Waals surface area contributed by atoms with Gasteiger partial charge in [0.25, 0.3) is 0 Å².